The Labute approximate surface area is 150 Å². The lowest BCUT2D eigenvalue weighted by Crippen LogP contribution is -2.43. The van der Waals surface area contributed by atoms with Gasteiger partial charge in [-0.2, -0.15) is 13.2 Å². The fourth-order valence-corrected chi connectivity index (χ4v) is 2.45. The minimum atomic E-state index is -4.67. The van der Waals surface area contributed by atoms with E-state index in [0.29, 0.717) is 0 Å². The first-order valence-electron chi connectivity index (χ1n) is 7.63. The molecule has 1 amide bonds. The molecule has 0 spiro atoms. The molecule has 144 valence electrons. The molecule has 0 fully saturated rings. The second-order valence-corrected chi connectivity index (χ2v) is 5.51. The molecule has 0 saturated heterocycles. The molecule has 0 saturated carbocycles. The van der Waals surface area contributed by atoms with Crippen LogP contribution in [0.1, 0.15) is 21.5 Å². The minimum Gasteiger partial charge on any atom is -0.467 e. The maximum Gasteiger partial charge on any atom is 0.416 e. The second kappa shape index (κ2) is 8.15. The third-order valence-corrected chi connectivity index (χ3v) is 3.73. The summed E-state index contributed by atoms with van der Waals surface area (Å²) in [5.74, 6) is -4.90. The smallest absolute Gasteiger partial charge is 0.416 e. The van der Waals surface area contributed by atoms with Gasteiger partial charge in [0.05, 0.1) is 18.2 Å². The third kappa shape index (κ3) is 4.81. The summed E-state index contributed by atoms with van der Waals surface area (Å²) in [6, 6.07) is 5.82. The van der Waals surface area contributed by atoms with Crippen LogP contribution in [-0.4, -0.2) is 25.0 Å². The first-order valence-corrected chi connectivity index (χ1v) is 7.63. The molecule has 9 heteroatoms. The standard InChI is InChI=1S/C18H14F5NO3/c1-27-17(26)14(9-10-5-2-3-7-12(10)18(21,22)23)24-16(25)11-6-4-8-13(19)15(11)20/h2-8,14H,9H2,1H3,(H,24,25)/t14-/m1/s1. The topological polar surface area (TPSA) is 55.4 Å². The molecule has 1 atom stereocenters. The second-order valence-electron chi connectivity index (χ2n) is 5.51. The third-order valence-electron chi connectivity index (χ3n) is 3.73. The zero-order valence-electron chi connectivity index (χ0n) is 13.9. The molecule has 0 heterocycles. The zero-order valence-corrected chi connectivity index (χ0v) is 13.9. The van der Waals surface area contributed by atoms with Crippen LogP contribution < -0.4 is 5.32 Å². The summed E-state index contributed by atoms with van der Waals surface area (Å²) in [6.07, 6.45) is -5.22. The van der Waals surface area contributed by atoms with Crippen molar-refractivity contribution in [3.05, 3.63) is 70.8 Å². The average molecular weight is 387 g/mol. The van der Waals surface area contributed by atoms with E-state index < -0.39 is 53.3 Å². The van der Waals surface area contributed by atoms with Crippen LogP contribution in [-0.2, 0) is 22.1 Å². The number of benzene rings is 2. The Bertz CT molecular complexity index is 851. The molecule has 0 aliphatic rings. The lowest BCUT2D eigenvalue weighted by atomic mass is 9.99. The number of alkyl halides is 3. The van der Waals surface area contributed by atoms with E-state index in [1.807, 2.05) is 0 Å². The number of esters is 1. The lowest BCUT2D eigenvalue weighted by molar-refractivity contribution is -0.144. The predicted octanol–water partition coefficient (Wildman–Crippen LogP) is 3.50. The van der Waals surface area contributed by atoms with Gasteiger partial charge >= 0.3 is 12.1 Å². The molecule has 1 N–H and O–H groups in total. The number of methoxy groups -OCH3 is 1. The number of carbonyl (C=O) groups excluding carboxylic acids is 2. The zero-order chi connectivity index (χ0) is 20.2. The van der Waals surface area contributed by atoms with Gasteiger partial charge in [-0.15, -0.1) is 0 Å². The number of rotatable bonds is 5. The van der Waals surface area contributed by atoms with Gasteiger partial charge in [0, 0.05) is 6.42 Å². The van der Waals surface area contributed by atoms with Crippen LogP contribution in [0.2, 0.25) is 0 Å². The van der Waals surface area contributed by atoms with Gasteiger partial charge in [0.2, 0.25) is 0 Å². The minimum absolute atomic E-state index is 0.264. The van der Waals surface area contributed by atoms with Crippen LogP contribution >= 0.6 is 0 Å². The molecule has 2 rings (SSSR count). The number of amides is 1. The molecule has 0 aliphatic heterocycles. The molecule has 2 aromatic carbocycles. The van der Waals surface area contributed by atoms with Crippen molar-refractivity contribution in [1.29, 1.82) is 0 Å². The first-order chi connectivity index (χ1) is 12.6. The van der Waals surface area contributed by atoms with E-state index in [9.17, 15) is 31.5 Å². The quantitative estimate of drug-likeness (QED) is 0.631. The summed E-state index contributed by atoms with van der Waals surface area (Å²) in [5.41, 5.74) is -1.93. The van der Waals surface area contributed by atoms with Gasteiger partial charge in [-0.1, -0.05) is 24.3 Å². The number of halogens is 5. The van der Waals surface area contributed by atoms with Crippen LogP contribution in [0.3, 0.4) is 0 Å². The Kier molecular flexibility index (Phi) is 6.14. The number of ether oxygens (including phenoxy) is 1. The molecular weight excluding hydrogens is 373 g/mol. The maximum absolute atomic E-state index is 13.7. The van der Waals surface area contributed by atoms with E-state index >= 15 is 0 Å². The number of hydrogen-bond donors (Lipinski definition) is 1. The Morgan fingerprint density at radius 2 is 1.74 bits per heavy atom. The highest BCUT2D eigenvalue weighted by atomic mass is 19.4. The summed E-state index contributed by atoms with van der Waals surface area (Å²) in [6.45, 7) is 0. The SMILES string of the molecule is COC(=O)[C@@H](Cc1ccccc1C(F)(F)F)NC(=O)c1cccc(F)c1F. The average Bonchev–Trinajstić information content (AvgIpc) is 2.62. The van der Waals surface area contributed by atoms with Crippen LogP contribution in [0.25, 0.3) is 0 Å². The van der Waals surface area contributed by atoms with E-state index in [0.717, 1.165) is 37.4 Å². The highest BCUT2D eigenvalue weighted by Crippen LogP contribution is 2.32. The maximum atomic E-state index is 13.7. The first kappa shape index (κ1) is 20.3. The van der Waals surface area contributed by atoms with Crippen molar-refractivity contribution in [3.63, 3.8) is 0 Å². The van der Waals surface area contributed by atoms with Gasteiger partial charge in [0.1, 0.15) is 6.04 Å². The van der Waals surface area contributed by atoms with Crippen molar-refractivity contribution < 1.29 is 36.3 Å². The van der Waals surface area contributed by atoms with Crippen molar-refractivity contribution in [2.24, 2.45) is 0 Å². The van der Waals surface area contributed by atoms with Gasteiger partial charge in [-0.3, -0.25) is 4.79 Å². The van der Waals surface area contributed by atoms with Gasteiger partial charge in [0.15, 0.2) is 11.6 Å². The summed E-state index contributed by atoms with van der Waals surface area (Å²) in [4.78, 5) is 24.1. The van der Waals surface area contributed by atoms with E-state index in [4.69, 9.17) is 0 Å². The summed E-state index contributed by atoms with van der Waals surface area (Å²) < 4.78 is 70.8. The predicted molar refractivity (Wildman–Crippen MR) is 84.8 cm³/mol. The largest absolute Gasteiger partial charge is 0.467 e. The molecule has 0 aromatic heterocycles. The van der Waals surface area contributed by atoms with Gasteiger partial charge in [-0.25, -0.2) is 13.6 Å². The number of nitrogens with one attached hydrogen (secondary N) is 1. The van der Waals surface area contributed by atoms with Gasteiger partial charge < -0.3 is 10.1 Å². The monoisotopic (exact) mass is 387 g/mol. The molecular formula is C18H14F5NO3. The van der Waals surface area contributed by atoms with Crippen molar-refractivity contribution >= 4 is 11.9 Å². The summed E-state index contributed by atoms with van der Waals surface area (Å²) >= 11 is 0. The van der Waals surface area contributed by atoms with Gasteiger partial charge in [-0.05, 0) is 23.8 Å². The van der Waals surface area contributed by atoms with Crippen molar-refractivity contribution in [2.75, 3.05) is 7.11 Å². The number of hydrogen-bond acceptors (Lipinski definition) is 3. The van der Waals surface area contributed by atoms with E-state index in [2.05, 4.69) is 10.1 Å². The Balaban J connectivity index is 2.31. The fourth-order valence-electron chi connectivity index (χ4n) is 2.45. The van der Waals surface area contributed by atoms with Crippen molar-refractivity contribution in [2.45, 2.75) is 18.6 Å². The highest BCUT2D eigenvalue weighted by molar-refractivity contribution is 5.97. The Morgan fingerprint density at radius 3 is 2.37 bits per heavy atom. The molecule has 27 heavy (non-hydrogen) atoms. The van der Waals surface area contributed by atoms with Gasteiger partial charge in [0.25, 0.3) is 5.91 Å². The van der Waals surface area contributed by atoms with Crippen LogP contribution in [0.5, 0.6) is 0 Å². The van der Waals surface area contributed by atoms with Crippen LogP contribution in [0.15, 0.2) is 42.5 Å². The van der Waals surface area contributed by atoms with E-state index in [-0.39, 0.29) is 5.56 Å². The molecule has 0 aliphatic carbocycles. The molecule has 0 unspecified atom stereocenters. The molecule has 0 bridgehead atoms. The van der Waals surface area contributed by atoms with Crippen molar-refractivity contribution in [3.8, 4) is 0 Å². The molecule has 0 radical (unpaired) electrons. The fraction of sp³-hybridized carbons (Fsp3) is 0.222. The highest BCUT2D eigenvalue weighted by Gasteiger charge is 2.34. The lowest BCUT2D eigenvalue weighted by Gasteiger charge is -2.19. The van der Waals surface area contributed by atoms with E-state index in [1.165, 1.54) is 12.1 Å². The molecule has 4 nitrogen and oxygen atoms in total. The summed E-state index contributed by atoms with van der Waals surface area (Å²) in [7, 11) is 0.986. The Hall–Kier alpha value is -2.97. The van der Waals surface area contributed by atoms with E-state index in [1.54, 1.807) is 0 Å². The summed E-state index contributed by atoms with van der Waals surface area (Å²) in [5, 5.41) is 2.09. The number of carbonyl (C=O) groups is 2. The van der Waals surface area contributed by atoms with Crippen molar-refractivity contribution in [1.82, 2.24) is 5.32 Å². The van der Waals surface area contributed by atoms with Crippen LogP contribution in [0.4, 0.5) is 22.0 Å². The normalized spacial score (nSPS) is 12.4. The molecule has 2 aromatic rings. The Morgan fingerprint density at radius 1 is 1.07 bits per heavy atom. The van der Waals surface area contributed by atoms with Crippen LogP contribution in [0, 0.1) is 11.6 Å².